The molecule has 4 N–H and O–H groups in total. The summed E-state index contributed by atoms with van der Waals surface area (Å²) in [6.45, 7) is 3.77. The molecule has 2 aromatic heterocycles. The van der Waals surface area contributed by atoms with Crippen molar-refractivity contribution >= 4 is 28.9 Å². The fourth-order valence-corrected chi connectivity index (χ4v) is 5.43. The molecular weight excluding hydrogens is 467 g/mol. The van der Waals surface area contributed by atoms with Gasteiger partial charge in [0.15, 0.2) is 0 Å². The van der Waals surface area contributed by atoms with Crippen LogP contribution in [0.2, 0.25) is 0 Å². The Morgan fingerprint density at radius 1 is 1.29 bits per heavy atom. The molecule has 1 amide bonds. The minimum Gasteiger partial charge on any atom is -0.383 e. The molecule has 4 rings (SSSR count). The predicted molar refractivity (Wildman–Crippen MR) is 122 cm³/mol. The standard InChI is InChI=1S/C23H24F3N5O2S/c1-12-7-14(9-15(8-12)30-21-28-6-4-18(31-21)23(24,25)26)17-11-29-20(34-17)22(33)5-3-16(19(27)32)13(2)10-22/h4,6-9,11,13,16,33H,3,5,10H2,1-2H3,(H2,27,32)(H,28,30,31). The molecule has 1 aliphatic rings. The molecule has 0 spiro atoms. The van der Waals surface area contributed by atoms with Crippen LogP contribution in [0, 0.1) is 18.8 Å². The van der Waals surface area contributed by atoms with Crippen molar-refractivity contribution in [2.45, 2.75) is 44.9 Å². The number of nitrogens with zero attached hydrogens (tertiary/aromatic N) is 3. The summed E-state index contributed by atoms with van der Waals surface area (Å²) in [4.78, 5) is 24.3. The van der Waals surface area contributed by atoms with E-state index in [0.29, 0.717) is 30.0 Å². The van der Waals surface area contributed by atoms with E-state index in [9.17, 15) is 23.1 Å². The number of aryl methyl sites for hydroxylation is 1. The molecule has 2 heterocycles. The van der Waals surface area contributed by atoms with Gasteiger partial charge in [-0.1, -0.05) is 13.0 Å². The predicted octanol–water partition coefficient (Wildman–Crippen LogP) is 4.78. The zero-order valence-electron chi connectivity index (χ0n) is 18.6. The van der Waals surface area contributed by atoms with Gasteiger partial charge in [-0.25, -0.2) is 15.0 Å². The van der Waals surface area contributed by atoms with Crippen LogP contribution in [0.1, 0.15) is 42.5 Å². The molecule has 0 radical (unpaired) electrons. The molecule has 1 aliphatic carbocycles. The number of hydrogen-bond acceptors (Lipinski definition) is 7. The summed E-state index contributed by atoms with van der Waals surface area (Å²) in [7, 11) is 0. The Labute approximate surface area is 198 Å². The van der Waals surface area contributed by atoms with E-state index in [2.05, 4.69) is 20.3 Å². The Bertz CT molecular complexity index is 1220. The molecule has 1 saturated carbocycles. The maximum Gasteiger partial charge on any atom is 0.433 e. The second-order valence-electron chi connectivity index (χ2n) is 8.77. The van der Waals surface area contributed by atoms with Crippen molar-refractivity contribution in [3.63, 3.8) is 0 Å². The molecule has 3 aromatic rings. The number of nitrogens with one attached hydrogen (secondary N) is 1. The number of primary amides is 1. The number of alkyl halides is 3. The first kappa shape index (κ1) is 24.1. The second-order valence-corrected chi connectivity index (χ2v) is 9.80. The van der Waals surface area contributed by atoms with Crippen LogP contribution in [0.3, 0.4) is 0 Å². The average molecular weight is 492 g/mol. The number of anilines is 2. The summed E-state index contributed by atoms with van der Waals surface area (Å²) in [5.41, 5.74) is 5.50. The summed E-state index contributed by atoms with van der Waals surface area (Å²) in [5.74, 6) is -0.834. The van der Waals surface area contributed by atoms with Crippen LogP contribution in [-0.2, 0) is 16.6 Å². The van der Waals surface area contributed by atoms with E-state index in [4.69, 9.17) is 5.73 Å². The SMILES string of the molecule is Cc1cc(Nc2nccc(C(F)(F)F)n2)cc(-c2cnc(C3(O)CCC(C(N)=O)C(C)C3)s2)c1. The molecule has 0 aliphatic heterocycles. The van der Waals surface area contributed by atoms with Crippen LogP contribution in [0.4, 0.5) is 24.8 Å². The summed E-state index contributed by atoms with van der Waals surface area (Å²) >= 11 is 1.35. The van der Waals surface area contributed by atoms with Crippen molar-refractivity contribution in [1.29, 1.82) is 0 Å². The van der Waals surface area contributed by atoms with Crippen LogP contribution < -0.4 is 11.1 Å². The largest absolute Gasteiger partial charge is 0.433 e. The number of carbonyl (C=O) groups excluding carboxylic acids is 1. The van der Waals surface area contributed by atoms with Crippen LogP contribution in [0.25, 0.3) is 10.4 Å². The molecule has 180 valence electrons. The van der Waals surface area contributed by atoms with Crippen LogP contribution in [-0.4, -0.2) is 26.0 Å². The summed E-state index contributed by atoms with van der Waals surface area (Å²) < 4.78 is 38.9. The third kappa shape index (κ3) is 5.05. The molecule has 0 saturated heterocycles. The Morgan fingerprint density at radius 3 is 2.74 bits per heavy atom. The lowest BCUT2D eigenvalue weighted by molar-refractivity contribution is -0.141. The van der Waals surface area contributed by atoms with Gasteiger partial charge < -0.3 is 16.2 Å². The van der Waals surface area contributed by atoms with Gasteiger partial charge >= 0.3 is 6.18 Å². The van der Waals surface area contributed by atoms with Crippen molar-refractivity contribution in [1.82, 2.24) is 15.0 Å². The number of rotatable bonds is 5. The second kappa shape index (κ2) is 8.95. The van der Waals surface area contributed by atoms with Crippen LogP contribution in [0.15, 0.2) is 36.7 Å². The third-order valence-corrected chi connectivity index (χ3v) is 7.29. The van der Waals surface area contributed by atoms with Gasteiger partial charge in [-0.2, -0.15) is 13.2 Å². The monoisotopic (exact) mass is 491 g/mol. The van der Waals surface area contributed by atoms with Crippen molar-refractivity contribution in [2.24, 2.45) is 17.6 Å². The lowest BCUT2D eigenvalue weighted by Crippen LogP contribution is -2.40. The average Bonchev–Trinajstić information content (AvgIpc) is 3.24. The maximum absolute atomic E-state index is 13.0. The van der Waals surface area contributed by atoms with E-state index in [1.165, 1.54) is 11.3 Å². The van der Waals surface area contributed by atoms with Crippen LogP contribution in [0.5, 0.6) is 0 Å². The molecule has 7 nitrogen and oxygen atoms in total. The van der Waals surface area contributed by atoms with Gasteiger partial charge in [0.1, 0.15) is 16.3 Å². The Hall–Kier alpha value is -3.05. The molecule has 3 atom stereocenters. The first-order chi connectivity index (χ1) is 15.9. The molecule has 1 aromatic carbocycles. The maximum atomic E-state index is 13.0. The van der Waals surface area contributed by atoms with E-state index < -0.39 is 17.5 Å². The molecule has 0 bridgehead atoms. The van der Waals surface area contributed by atoms with E-state index in [0.717, 1.165) is 28.3 Å². The van der Waals surface area contributed by atoms with E-state index in [1.54, 1.807) is 18.3 Å². The summed E-state index contributed by atoms with van der Waals surface area (Å²) in [6.07, 6.45) is -0.560. The Balaban J connectivity index is 1.57. The molecule has 1 fully saturated rings. The topological polar surface area (TPSA) is 114 Å². The quantitative estimate of drug-likeness (QED) is 0.473. The van der Waals surface area contributed by atoms with Gasteiger partial charge in [-0.05, 0) is 61.4 Å². The van der Waals surface area contributed by atoms with Crippen molar-refractivity contribution in [2.75, 3.05) is 5.32 Å². The van der Waals surface area contributed by atoms with Gasteiger partial charge in [0.2, 0.25) is 11.9 Å². The number of benzene rings is 1. The highest BCUT2D eigenvalue weighted by molar-refractivity contribution is 7.15. The van der Waals surface area contributed by atoms with Gasteiger partial charge in [0.25, 0.3) is 0 Å². The number of halogens is 3. The zero-order chi connectivity index (χ0) is 24.7. The van der Waals surface area contributed by atoms with Gasteiger partial charge in [0.05, 0.1) is 4.88 Å². The minimum absolute atomic E-state index is 0.0640. The van der Waals surface area contributed by atoms with Gasteiger partial charge in [0, 0.05) is 24.0 Å². The number of thiazole rings is 1. The Kier molecular flexibility index (Phi) is 6.34. The van der Waals surface area contributed by atoms with Gasteiger partial charge in [-0.15, -0.1) is 11.3 Å². The number of hydrogen-bond donors (Lipinski definition) is 3. The van der Waals surface area contributed by atoms with Crippen molar-refractivity contribution in [3.8, 4) is 10.4 Å². The fourth-order valence-electron chi connectivity index (χ4n) is 4.40. The number of aromatic nitrogens is 3. The van der Waals surface area contributed by atoms with Crippen molar-refractivity contribution < 1.29 is 23.1 Å². The van der Waals surface area contributed by atoms with E-state index in [-0.39, 0.29) is 23.7 Å². The van der Waals surface area contributed by atoms with E-state index >= 15 is 0 Å². The third-order valence-electron chi connectivity index (χ3n) is 6.05. The highest BCUT2D eigenvalue weighted by Gasteiger charge is 2.42. The van der Waals surface area contributed by atoms with E-state index in [1.807, 2.05) is 19.9 Å². The first-order valence-corrected chi connectivity index (χ1v) is 11.5. The number of amides is 1. The molecular formula is C23H24F3N5O2S. The Morgan fingerprint density at radius 2 is 2.06 bits per heavy atom. The van der Waals surface area contributed by atoms with Crippen LogP contribution >= 0.6 is 11.3 Å². The molecule has 3 unspecified atom stereocenters. The lowest BCUT2D eigenvalue weighted by Gasteiger charge is -2.37. The number of carbonyl (C=O) groups is 1. The number of aliphatic hydroxyl groups is 1. The highest BCUT2D eigenvalue weighted by Crippen LogP contribution is 2.45. The fraction of sp³-hybridized carbons (Fsp3) is 0.391. The molecule has 11 heteroatoms. The highest BCUT2D eigenvalue weighted by atomic mass is 32.1. The normalized spacial score (nSPS) is 23.0. The summed E-state index contributed by atoms with van der Waals surface area (Å²) in [6, 6.07) is 6.28. The lowest BCUT2D eigenvalue weighted by atomic mass is 9.72. The summed E-state index contributed by atoms with van der Waals surface area (Å²) in [5, 5.41) is 14.6. The minimum atomic E-state index is -4.56. The smallest absolute Gasteiger partial charge is 0.383 e. The first-order valence-electron chi connectivity index (χ1n) is 10.7. The molecule has 34 heavy (non-hydrogen) atoms. The number of nitrogens with two attached hydrogens (primary N) is 1. The van der Waals surface area contributed by atoms with Gasteiger partial charge in [-0.3, -0.25) is 4.79 Å². The zero-order valence-corrected chi connectivity index (χ0v) is 19.4. The van der Waals surface area contributed by atoms with Crippen molar-refractivity contribution in [3.05, 3.63) is 52.9 Å².